The first-order valence-corrected chi connectivity index (χ1v) is 7.07. The first-order chi connectivity index (χ1) is 8.59. The molecule has 0 saturated heterocycles. The second kappa shape index (κ2) is 8.39. The van der Waals surface area contributed by atoms with E-state index in [2.05, 4.69) is 19.2 Å². The third-order valence-electron chi connectivity index (χ3n) is 2.70. The van der Waals surface area contributed by atoms with Crippen LogP contribution in [0.25, 0.3) is 0 Å². The van der Waals surface area contributed by atoms with Crippen molar-refractivity contribution in [2.45, 2.75) is 33.6 Å². The van der Waals surface area contributed by atoms with Gasteiger partial charge in [-0.1, -0.05) is 25.4 Å². The molecule has 0 radical (unpaired) electrons. The van der Waals surface area contributed by atoms with Crippen molar-refractivity contribution in [1.29, 1.82) is 0 Å². The van der Waals surface area contributed by atoms with Crippen molar-refractivity contribution in [1.82, 2.24) is 5.32 Å². The highest BCUT2D eigenvalue weighted by Crippen LogP contribution is 2.21. The highest BCUT2D eigenvalue weighted by Gasteiger charge is 1.98. The smallest absolute Gasteiger partial charge is 0.119 e. The summed E-state index contributed by atoms with van der Waals surface area (Å²) in [6, 6.07) is 5.79. The average Bonchev–Trinajstić information content (AvgIpc) is 2.32. The van der Waals surface area contributed by atoms with Gasteiger partial charge in [0.1, 0.15) is 5.75 Å². The maximum atomic E-state index is 5.96. The molecule has 0 aliphatic rings. The van der Waals surface area contributed by atoms with Gasteiger partial charge in [0.05, 0.1) is 6.61 Å². The second-order valence-electron chi connectivity index (χ2n) is 5.06. The summed E-state index contributed by atoms with van der Waals surface area (Å²) in [7, 11) is 0. The van der Waals surface area contributed by atoms with Gasteiger partial charge in [-0.25, -0.2) is 0 Å². The maximum absolute atomic E-state index is 5.96. The molecule has 1 rings (SSSR count). The van der Waals surface area contributed by atoms with E-state index in [4.69, 9.17) is 16.3 Å². The van der Waals surface area contributed by atoms with Crippen LogP contribution < -0.4 is 10.1 Å². The van der Waals surface area contributed by atoms with Crippen LogP contribution in [0.2, 0.25) is 5.02 Å². The fourth-order valence-electron chi connectivity index (χ4n) is 1.64. The van der Waals surface area contributed by atoms with Gasteiger partial charge >= 0.3 is 0 Å². The van der Waals surface area contributed by atoms with Crippen LogP contribution in [0.4, 0.5) is 0 Å². The lowest BCUT2D eigenvalue weighted by Gasteiger charge is -2.09. The van der Waals surface area contributed by atoms with Crippen LogP contribution >= 0.6 is 11.6 Å². The summed E-state index contributed by atoms with van der Waals surface area (Å²) in [5, 5.41) is 4.22. The molecule has 18 heavy (non-hydrogen) atoms. The van der Waals surface area contributed by atoms with E-state index in [1.807, 2.05) is 25.1 Å². The van der Waals surface area contributed by atoms with Gasteiger partial charge < -0.3 is 10.1 Å². The standard InChI is InChI=1S/C15H24ClNO/c1-12(2)11-17-8-4-5-9-18-14-6-7-15(16)13(3)10-14/h6-7,10,12,17H,4-5,8-9,11H2,1-3H3. The van der Waals surface area contributed by atoms with Crippen LogP contribution in [0.15, 0.2) is 18.2 Å². The Kier molecular flexibility index (Phi) is 7.14. The monoisotopic (exact) mass is 269 g/mol. The summed E-state index contributed by atoms with van der Waals surface area (Å²) in [4.78, 5) is 0. The summed E-state index contributed by atoms with van der Waals surface area (Å²) in [6.45, 7) is 9.37. The lowest BCUT2D eigenvalue weighted by Crippen LogP contribution is -2.21. The van der Waals surface area contributed by atoms with E-state index in [9.17, 15) is 0 Å². The molecule has 0 amide bonds. The van der Waals surface area contributed by atoms with Gasteiger partial charge in [-0.2, -0.15) is 0 Å². The van der Waals surface area contributed by atoms with Crippen molar-refractivity contribution in [3.05, 3.63) is 28.8 Å². The van der Waals surface area contributed by atoms with Gasteiger partial charge in [0.15, 0.2) is 0 Å². The molecule has 1 aromatic carbocycles. The highest BCUT2D eigenvalue weighted by molar-refractivity contribution is 6.31. The zero-order chi connectivity index (χ0) is 13.4. The molecule has 0 saturated carbocycles. The number of ether oxygens (including phenoxy) is 1. The Morgan fingerprint density at radius 2 is 2.06 bits per heavy atom. The van der Waals surface area contributed by atoms with Crippen molar-refractivity contribution in [3.8, 4) is 5.75 Å². The Bertz CT molecular complexity index is 352. The van der Waals surface area contributed by atoms with E-state index in [-0.39, 0.29) is 0 Å². The van der Waals surface area contributed by atoms with Crippen molar-refractivity contribution < 1.29 is 4.74 Å². The van der Waals surface area contributed by atoms with Crippen LogP contribution in [-0.2, 0) is 0 Å². The van der Waals surface area contributed by atoms with Crippen LogP contribution in [0, 0.1) is 12.8 Å². The number of unbranched alkanes of at least 4 members (excludes halogenated alkanes) is 1. The second-order valence-corrected chi connectivity index (χ2v) is 5.47. The minimum atomic E-state index is 0.721. The Hall–Kier alpha value is -0.730. The number of hydrogen-bond acceptors (Lipinski definition) is 2. The third-order valence-corrected chi connectivity index (χ3v) is 3.12. The molecular weight excluding hydrogens is 246 g/mol. The van der Waals surface area contributed by atoms with Crippen LogP contribution in [-0.4, -0.2) is 19.7 Å². The summed E-state index contributed by atoms with van der Waals surface area (Å²) in [6.07, 6.45) is 2.23. The molecule has 1 N–H and O–H groups in total. The van der Waals surface area contributed by atoms with Gasteiger partial charge in [-0.05, 0) is 62.5 Å². The average molecular weight is 270 g/mol. The number of rotatable bonds is 8. The Morgan fingerprint density at radius 3 is 2.72 bits per heavy atom. The molecule has 0 aliphatic heterocycles. The number of aryl methyl sites for hydroxylation is 1. The molecule has 0 spiro atoms. The normalized spacial score (nSPS) is 10.9. The van der Waals surface area contributed by atoms with E-state index >= 15 is 0 Å². The molecule has 0 heterocycles. The fraction of sp³-hybridized carbons (Fsp3) is 0.600. The van der Waals surface area contributed by atoms with Crippen molar-refractivity contribution in [2.75, 3.05) is 19.7 Å². The number of halogens is 1. The maximum Gasteiger partial charge on any atom is 0.119 e. The van der Waals surface area contributed by atoms with Crippen LogP contribution in [0.5, 0.6) is 5.75 Å². The van der Waals surface area contributed by atoms with Gasteiger partial charge in [-0.3, -0.25) is 0 Å². The van der Waals surface area contributed by atoms with E-state index in [0.717, 1.165) is 54.8 Å². The summed E-state index contributed by atoms with van der Waals surface area (Å²) < 4.78 is 5.68. The zero-order valence-electron chi connectivity index (χ0n) is 11.6. The molecular formula is C15H24ClNO. The summed E-state index contributed by atoms with van der Waals surface area (Å²) in [5.41, 5.74) is 1.06. The Morgan fingerprint density at radius 1 is 1.28 bits per heavy atom. The predicted octanol–water partition coefficient (Wildman–Crippen LogP) is 4.05. The largest absolute Gasteiger partial charge is 0.494 e. The van der Waals surface area contributed by atoms with Crippen LogP contribution in [0.1, 0.15) is 32.3 Å². The molecule has 0 aromatic heterocycles. The quantitative estimate of drug-likeness (QED) is 0.719. The first kappa shape index (κ1) is 15.3. The van der Waals surface area contributed by atoms with E-state index in [1.165, 1.54) is 0 Å². The van der Waals surface area contributed by atoms with Crippen molar-refractivity contribution >= 4 is 11.6 Å². The molecule has 0 bridgehead atoms. The molecule has 2 nitrogen and oxygen atoms in total. The molecule has 0 atom stereocenters. The van der Waals surface area contributed by atoms with Crippen molar-refractivity contribution in [2.24, 2.45) is 5.92 Å². The number of benzene rings is 1. The first-order valence-electron chi connectivity index (χ1n) is 6.69. The Labute approximate surface area is 116 Å². The zero-order valence-corrected chi connectivity index (χ0v) is 12.4. The highest BCUT2D eigenvalue weighted by atomic mass is 35.5. The molecule has 0 unspecified atom stereocenters. The third kappa shape index (κ3) is 6.27. The van der Waals surface area contributed by atoms with E-state index < -0.39 is 0 Å². The minimum absolute atomic E-state index is 0.721. The molecule has 1 aromatic rings. The SMILES string of the molecule is Cc1cc(OCCCCNCC(C)C)ccc1Cl. The van der Waals surface area contributed by atoms with Gasteiger partial charge in [0, 0.05) is 5.02 Å². The van der Waals surface area contributed by atoms with Gasteiger partial charge in [-0.15, -0.1) is 0 Å². The van der Waals surface area contributed by atoms with E-state index in [1.54, 1.807) is 0 Å². The fourth-order valence-corrected chi connectivity index (χ4v) is 1.76. The molecule has 0 fully saturated rings. The molecule has 3 heteroatoms. The minimum Gasteiger partial charge on any atom is -0.494 e. The van der Waals surface area contributed by atoms with E-state index in [0.29, 0.717) is 0 Å². The number of nitrogens with one attached hydrogen (secondary N) is 1. The lowest BCUT2D eigenvalue weighted by molar-refractivity contribution is 0.305. The predicted molar refractivity (Wildman–Crippen MR) is 78.6 cm³/mol. The van der Waals surface area contributed by atoms with Crippen LogP contribution in [0.3, 0.4) is 0 Å². The topological polar surface area (TPSA) is 21.3 Å². The summed E-state index contributed by atoms with van der Waals surface area (Å²) >= 11 is 5.96. The van der Waals surface area contributed by atoms with Crippen molar-refractivity contribution in [3.63, 3.8) is 0 Å². The van der Waals surface area contributed by atoms with Gasteiger partial charge in [0.2, 0.25) is 0 Å². The molecule has 102 valence electrons. The lowest BCUT2D eigenvalue weighted by atomic mass is 10.2. The summed E-state index contributed by atoms with van der Waals surface area (Å²) in [5.74, 6) is 1.63. The molecule has 0 aliphatic carbocycles. The Balaban J connectivity index is 2.09. The van der Waals surface area contributed by atoms with Gasteiger partial charge in [0.25, 0.3) is 0 Å². The number of hydrogen-bond donors (Lipinski definition) is 1.